The minimum absolute atomic E-state index is 0. The summed E-state index contributed by atoms with van der Waals surface area (Å²) in [6, 6.07) is 22.9. The van der Waals surface area contributed by atoms with Gasteiger partial charge in [-0.3, -0.25) is 4.52 Å². The normalized spacial score (nSPS) is 11.7. The summed E-state index contributed by atoms with van der Waals surface area (Å²) in [7, 11) is -1.95. The van der Waals surface area contributed by atoms with Crippen LogP contribution < -0.4 is 38.2 Å². The Balaban J connectivity index is 0.00000289. The van der Waals surface area contributed by atoms with Crippen LogP contribution in [0, 0.1) is 0 Å². The Morgan fingerprint density at radius 3 is 2.21 bits per heavy atom. The van der Waals surface area contributed by atoms with Gasteiger partial charge in [0.05, 0.1) is 0 Å². The molecule has 0 heterocycles. The van der Waals surface area contributed by atoms with Crippen LogP contribution in [0.5, 0.6) is 23.0 Å². The predicted octanol–water partition coefficient (Wildman–Crippen LogP) is 1.24. The summed E-state index contributed by atoms with van der Waals surface area (Å²) < 4.78 is 28.3. The Bertz CT molecular complexity index is 963. The number of para-hydroxylation sites is 1. The number of ether oxygens (including phenoxy) is 2. The van der Waals surface area contributed by atoms with Gasteiger partial charge < -0.3 is 26.4 Å². The van der Waals surface area contributed by atoms with Crippen LogP contribution in [0.25, 0.3) is 0 Å². The van der Waals surface area contributed by atoms with Crippen LogP contribution in [0.15, 0.2) is 78.9 Å². The second kappa shape index (κ2) is 14.6. The topological polar surface area (TPSA) is 97.3 Å². The summed E-state index contributed by atoms with van der Waals surface area (Å²) in [5.74, 6) is 1.95. The van der Waals surface area contributed by atoms with E-state index in [0.29, 0.717) is 30.3 Å². The molecule has 170 valence electrons. The van der Waals surface area contributed by atoms with Crippen molar-refractivity contribution in [2.45, 2.75) is 12.5 Å². The van der Waals surface area contributed by atoms with Gasteiger partial charge in [-0.15, -0.1) is 0 Å². The quantitative estimate of drug-likeness (QED) is 0.199. The fourth-order valence-corrected chi connectivity index (χ4v) is 3.46. The number of aliphatic hydroxyl groups excluding tert-OH is 1. The number of hydrogen-bond donors (Lipinski definition) is 3. The molecule has 0 aromatic heterocycles. The Morgan fingerprint density at radius 1 is 0.879 bits per heavy atom. The van der Waals surface area contributed by atoms with Crippen molar-refractivity contribution in [1.29, 1.82) is 0 Å². The van der Waals surface area contributed by atoms with E-state index in [-0.39, 0.29) is 39.0 Å². The van der Waals surface area contributed by atoms with Gasteiger partial charge in [-0.05, 0) is 71.6 Å². The molecule has 0 radical (unpaired) electrons. The maximum Gasteiger partial charge on any atom is 1.00 e. The Morgan fingerprint density at radius 2 is 1.52 bits per heavy atom. The van der Waals surface area contributed by atoms with E-state index in [4.69, 9.17) is 14.0 Å². The molecule has 0 bridgehead atoms. The van der Waals surface area contributed by atoms with Crippen LogP contribution in [0.4, 0.5) is 0 Å². The number of benzene rings is 3. The molecule has 3 aromatic carbocycles. The molecule has 3 aromatic rings. The third kappa shape index (κ3) is 10.3. The summed E-state index contributed by atoms with van der Waals surface area (Å²) >= 11 is 0. The first-order valence-electron chi connectivity index (χ1n) is 10.3. The second-order valence-corrected chi connectivity index (χ2v) is 8.17. The number of nitrogens with one attached hydrogen (secondary N) is 1. The van der Waals surface area contributed by atoms with E-state index in [1.807, 2.05) is 42.5 Å². The molecule has 3 rings (SSSR count). The van der Waals surface area contributed by atoms with E-state index < -0.39 is 14.1 Å². The SMILES string of the molecule is O=[P+](COc1ccc(CCNC[C@H](O)COc2ccc(O)cc2)cc1)Oc1ccccc1.[H-].[Li+]. The number of aliphatic hydroxyl groups is 1. The Kier molecular flexibility index (Phi) is 11.8. The van der Waals surface area contributed by atoms with Gasteiger partial charge >= 0.3 is 33.2 Å². The van der Waals surface area contributed by atoms with Crippen molar-refractivity contribution in [2.24, 2.45) is 0 Å². The third-order valence-electron chi connectivity index (χ3n) is 4.46. The average Bonchev–Trinajstić information content (AvgIpc) is 2.81. The van der Waals surface area contributed by atoms with Crippen molar-refractivity contribution in [3.05, 3.63) is 84.4 Å². The van der Waals surface area contributed by atoms with E-state index in [1.54, 1.807) is 24.3 Å². The van der Waals surface area contributed by atoms with Crippen LogP contribution >= 0.6 is 8.03 Å². The first-order chi connectivity index (χ1) is 15.6. The van der Waals surface area contributed by atoms with Gasteiger partial charge in [0.25, 0.3) is 0 Å². The second-order valence-electron chi connectivity index (χ2n) is 7.07. The van der Waals surface area contributed by atoms with E-state index >= 15 is 0 Å². The van der Waals surface area contributed by atoms with E-state index in [9.17, 15) is 14.8 Å². The molecular formula is C24H28LiNO6P+. The molecule has 0 saturated carbocycles. The van der Waals surface area contributed by atoms with E-state index in [1.165, 1.54) is 12.1 Å². The van der Waals surface area contributed by atoms with Gasteiger partial charge in [-0.1, -0.05) is 30.3 Å². The van der Waals surface area contributed by atoms with Gasteiger partial charge in [0.1, 0.15) is 30.0 Å². The molecule has 0 fully saturated rings. The fraction of sp³-hybridized carbons (Fsp3) is 0.250. The number of hydrogen-bond acceptors (Lipinski definition) is 7. The predicted molar refractivity (Wildman–Crippen MR) is 124 cm³/mol. The Hall–Kier alpha value is -2.52. The zero-order chi connectivity index (χ0) is 22.6. The number of rotatable bonds is 13. The van der Waals surface area contributed by atoms with Gasteiger partial charge in [-0.2, -0.15) is 0 Å². The van der Waals surface area contributed by atoms with Crippen LogP contribution in [0.3, 0.4) is 0 Å². The summed E-state index contributed by atoms with van der Waals surface area (Å²) in [6.45, 7) is 1.28. The molecule has 0 amide bonds. The molecule has 0 saturated heterocycles. The number of phenols is 1. The zero-order valence-corrected chi connectivity index (χ0v) is 19.5. The minimum atomic E-state index is -1.95. The molecule has 0 aliphatic heterocycles. The number of phenolic OH excluding ortho intramolecular Hbond substituents is 1. The average molecular weight is 464 g/mol. The monoisotopic (exact) mass is 464 g/mol. The van der Waals surface area contributed by atoms with Gasteiger partial charge in [0, 0.05) is 6.54 Å². The van der Waals surface area contributed by atoms with Gasteiger partial charge in [0.2, 0.25) is 0 Å². The van der Waals surface area contributed by atoms with Crippen molar-refractivity contribution in [3.63, 3.8) is 0 Å². The molecular weight excluding hydrogens is 436 g/mol. The van der Waals surface area contributed by atoms with Crippen LogP contribution in [-0.2, 0) is 11.0 Å². The molecule has 9 heteroatoms. The molecule has 7 nitrogen and oxygen atoms in total. The summed E-state index contributed by atoms with van der Waals surface area (Å²) in [4.78, 5) is 0. The standard InChI is InChI=1S/C24H26NO6P.Li.H/c26-20-8-12-22(13-9-20)29-17-21(27)16-25-15-14-19-6-10-23(11-7-19)30-18-32(28)31-24-4-2-1-3-5-24;;/h1-13,21,25,27H,14-18H2;;/q;+1;-1/p+1/t21-;;/m0../s1. The van der Waals surface area contributed by atoms with Crippen LogP contribution in [-0.4, -0.2) is 42.4 Å². The summed E-state index contributed by atoms with van der Waals surface area (Å²) in [5.41, 5.74) is 1.12. The smallest absolute Gasteiger partial charge is 1.00 e. The van der Waals surface area contributed by atoms with Gasteiger partial charge in [0.15, 0.2) is 5.75 Å². The first kappa shape index (κ1) is 26.7. The van der Waals surface area contributed by atoms with Gasteiger partial charge in [-0.25, -0.2) is 0 Å². The summed E-state index contributed by atoms with van der Waals surface area (Å²) in [6.07, 6.45) is 0.131. The summed E-state index contributed by atoms with van der Waals surface area (Å²) in [5, 5.41) is 22.5. The maximum absolute atomic E-state index is 12.0. The first-order valence-corrected chi connectivity index (χ1v) is 11.6. The minimum Gasteiger partial charge on any atom is -1.00 e. The fourth-order valence-electron chi connectivity index (χ4n) is 2.80. The molecule has 3 N–H and O–H groups in total. The molecule has 0 aliphatic carbocycles. The van der Waals surface area contributed by atoms with Crippen molar-refractivity contribution < 1.29 is 49.1 Å². The Labute approximate surface area is 208 Å². The molecule has 0 aliphatic rings. The largest absolute Gasteiger partial charge is 1.00 e. The number of aromatic hydroxyl groups is 1. The van der Waals surface area contributed by atoms with Crippen LogP contribution in [0.1, 0.15) is 6.99 Å². The van der Waals surface area contributed by atoms with Crippen molar-refractivity contribution in [2.75, 3.05) is 26.0 Å². The molecule has 0 spiro atoms. The molecule has 2 atom stereocenters. The van der Waals surface area contributed by atoms with Crippen molar-refractivity contribution in [1.82, 2.24) is 5.32 Å². The van der Waals surface area contributed by atoms with Crippen LogP contribution in [0.2, 0.25) is 0 Å². The van der Waals surface area contributed by atoms with Crippen molar-refractivity contribution in [3.8, 4) is 23.0 Å². The van der Waals surface area contributed by atoms with E-state index in [0.717, 1.165) is 12.0 Å². The molecule has 33 heavy (non-hydrogen) atoms. The zero-order valence-electron chi connectivity index (χ0n) is 19.6. The third-order valence-corrected chi connectivity index (χ3v) is 5.21. The maximum atomic E-state index is 12.0. The van der Waals surface area contributed by atoms with Crippen molar-refractivity contribution >= 4 is 8.03 Å². The molecule has 1 unspecified atom stereocenters. The van der Waals surface area contributed by atoms with E-state index in [2.05, 4.69) is 5.32 Å².